The molecule has 1 heterocycles. The molecule has 120 valence electrons. The van der Waals surface area contributed by atoms with Gasteiger partial charge in [0.2, 0.25) is 10.0 Å². The van der Waals surface area contributed by atoms with Crippen LogP contribution in [-0.2, 0) is 16.6 Å². The van der Waals surface area contributed by atoms with Crippen LogP contribution in [0, 0.1) is 0 Å². The first-order chi connectivity index (χ1) is 9.82. The number of aromatic nitrogens is 2. The summed E-state index contributed by atoms with van der Waals surface area (Å²) in [6.45, 7) is 7.38. The topological polar surface area (TPSA) is 76.0 Å². The third kappa shape index (κ3) is 5.09. The first-order valence-corrected chi connectivity index (χ1v) is 9.10. The predicted molar refractivity (Wildman–Crippen MR) is 82.6 cm³/mol. The Morgan fingerprint density at radius 1 is 1.43 bits per heavy atom. The molecule has 0 atom stereocenters. The van der Waals surface area contributed by atoms with E-state index in [-0.39, 0.29) is 4.90 Å². The Balaban J connectivity index is 1.88. The van der Waals surface area contributed by atoms with E-state index in [4.69, 9.17) is 0 Å². The van der Waals surface area contributed by atoms with Gasteiger partial charge >= 0.3 is 0 Å². The standard InChI is InChI=1S/C14H26N4O2S/c1-4-14(2,3)17-21(19,20)13-10-16-18(11-13)9-5-8-15-12-6-7-12/h10-12,15,17H,4-9H2,1-3H3. The van der Waals surface area contributed by atoms with Crippen molar-refractivity contribution in [2.45, 2.75) is 69.5 Å². The van der Waals surface area contributed by atoms with Crippen molar-refractivity contribution in [3.63, 3.8) is 0 Å². The average Bonchev–Trinajstić information content (AvgIpc) is 3.09. The van der Waals surface area contributed by atoms with Gasteiger partial charge in [-0.3, -0.25) is 4.68 Å². The summed E-state index contributed by atoms with van der Waals surface area (Å²) in [5.41, 5.74) is -0.449. The highest BCUT2D eigenvalue weighted by Crippen LogP contribution is 2.18. The first-order valence-electron chi connectivity index (χ1n) is 7.62. The molecular weight excluding hydrogens is 288 g/mol. The van der Waals surface area contributed by atoms with Gasteiger partial charge in [0.25, 0.3) is 0 Å². The SMILES string of the molecule is CCC(C)(C)NS(=O)(=O)c1cnn(CCCNC2CC2)c1. The number of rotatable bonds is 9. The minimum atomic E-state index is -3.49. The van der Waals surface area contributed by atoms with E-state index in [2.05, 4.69) is 15.1 Å². The zero-order valence-electron chi connectivity index (χ0n) is 13.1. The largest absolute Gasteiger partial charge is 0.314 e. The van der Waals surface area contributed by atoms with Gasteiger partial charge in [0.05, 0.1) is 6.20 Å². The molecule has 1 aromatic heterocycles. The Hall–Kier alpha value is -0.920. The van der Waals surface area contributed by atoms with Gasteiger partial charge in [-0.1, -0.05) is 6.92 Å². The third-order valence-corrected chi connectivity index (χ3v) is 5.44. The Labute approximate surface area is 127 Å². The van der Waals surface area contributed by atoms with Crippen LogP contribution in [0.2, 0.25) is 0 Å². The minimum Gasteiger partial charge on any atom is -0.314 e. The summed E-state index contributed by atoms with van der Waals surface area (Å²) in [7, 11) is -3.49. The molecule has 1 fully saturated rings. The highest BCUT2D eigenvalue weighted by Gasteiger charge is 2.25. The maximum Gasteiger partial charge on any atom is 0.244 e. The van der Waals surface area contributed by atoms with Crippen molar-refractivity contribution in [1.82, 2.24) is 19.8 Å². The average molecular weight is 314 g/mol. The molecule has 6 nitrogen and oxygen atoms in total. The lowest BCUT2D eigenvalue weighted by atomic mass is 10.0. The first kappa shape index (κ1) is 16.5. The van der Waals surface area contributed by atoms with Crippen LogP contribution in [0.4, 0.5) is 0 Å². The van der Waals surface area contributed by atoms with E-state index in [1.807, 2.05) is 20.8 Å². The van der Waals surface area contributed by atoms with E-state index >= 15 is 0 Å². The van der Waals surface area contributed by atoms with E-state index in [1.165, 1.54) is 19.0 Å². The third-order valence-electron chi connectivity index (χ3n) is 3.79. The highest BCUT2D eigenvalue weighted by atomic mass is 32.2. The molecule has 7 heteroatoms. The van der Waals surface area contributed by atoms with Gasteiger partial charge in [0, 0.05) is 24.3 Å². The van der Waals surface area contributed by atoms with Gasteiger partial charge in [-0.2, -0.15) is 5.10 Å². The van der Waals surface area contributed by atoms with Crippen molar-refractivity contribution in [2.75, 3.05) is 6.54 Å². The molecule has 2 N–H and O–H groups in total. The molecule has 1 aliphatic rings. The smallest absolute Gasteiger partial charge is 0.244 e. The highest BCUT2D eigenvalue weighted by molar-refractivity contribution is 7.89. The molecular formula is C14H26N4O2S. The molecule has 1 aliphatic carbocycles. The van der Waals surface area contributed by atoms with E-state index < -0.39 is 15.6 Å². The van der Waals surface area contributed by atoms with Crippen LogP contribution in [0.25, 0.3) is 0 Å². The monoisotopic (exact) mass is 314 g/mol. The van der Waals surface area contributed by atoms with Crippen LogP contribution in [0.15, 0.2) is 17.3 Å². The molecule has 0 amide bonds. The lowest BCUT2D eigenvalue weighted by molar-refractivity contribution is 0.439. The Morgan fingerprint density at radius 3 is 2.76 bits per heavy atom. The zero-order valence-corrected chi connectivity index (χ0v) is 13.9. The summed E-state index contributed by atoms with van der Waals surface area (Å²) < 4.78 is 28.9. The Kier molecular flexibility index (Phi) is 5.06. The molecule has 1 saturated carbocycles. The summed E-state index contributed by atoms with van der Waals surface area (Å²) in [6, 6.07) is 0.707. The second-order valence-corrected chi connectivity index (χ2v) is 8.05. The molecule has 0 unspecified atom stereocenters. The predicted octanol–water partition coefficient (Wildman–Crippen LogP) is 1.49. The van der Waals surface area contributed by atoms with Crippen molar-refractivity contribution in [3.05, 3.63) is 12.4 Å². The fourth-order valence-corrected chi connectivity index (χ4v) is 3.37. The fraction of sp³-hybridized carbons (Fsp3) is 0.786. The second kappa shape index (κ2) is 6.46. The number of aryl methyl sites for hydroxylation is 1. The number of sulfonamides is 1. The molecule has 0 aromatic carbocycles. The van der Waals surface area contributed by atoms with Crippen molar-refractivity contribution in [2.24, 2.45) is 0 Å². The molecule has 0 bridgehead atoms. The molecule has 2 rings (SSSR count). The van der Waals surface area contributed by atoms with Crippen LogP contribution >= 0.6 is 0 Å². The van der Waals surface area contributed by atoms with Crippen LogP contribution in [0.5, 0.6) is 0 Å². The molecule has 1 aromatic rings. The van der Waals surface area contributed by atoms with Crippen LogP contribution in [0.3, 0.4) is 0 Å². The fourth-order valence-electron chi connectivity index (χ4n) is 1.94. The van der Waals surface area contributed by atoms with Gasteiger partial charge in [-0.25, -0.2) is 13.1 Å². The summed E-state index contributed by atoms with van der Waals surface area (Å²) in [6.07, 6.45) is 7.26. The number of nitrogens with zero attached hydrogens (tertiary/aromatic N) is 2. The molecule has 21 heavy (non-hydrogen) atoms. The molecule has 0 saturated heterocycles. The number of hydrogen-bond acceptors (Lipinski definition) is 4. The maximum absolute atomic E-state index is 12.3. The minimum absolute atomic E-state index is 0.235. The van der Waals surface area contributed by atoms with Crippen molar-refractivity contribution < 1.29 is 8.42 Å². The summed E-state index contributed by atoms with van der Waals surface area (Å²) >= 11 is 0. The van der Waals surface area contributed by atoms with E-state index in [1.54, 1.807) is 10.9 Å². The number of nitrogens with one attached hydrogen (secondary N) is 2. The quantitative estimate of drug-likeness (QED) is 0.677. The molecule has 0 radical (unpaired) electrons. The van der Waals surface area contributed by atoms with Crippen molar-refractivity contribution in [3.8, 4) is 0 Å². The Morgan fingerprint density at radius 2 is 2.14 bits per heavy atom. The lowest BCUT2D eigenvalue weighted by Gasteiger charge is -2.23. The van der Waals surface area contributed by atoms with Crippen LogP contribution in [-0.4, -0.2) is 36.3 Å². The van der Waals surface area contributed by atoms with Gasteiger partial charge in [-0.05, 0) is 46.1 Å². The summed E-state index contributed by atoms with van der Waals surface area (Å²) in [4.78, 5) is 0.235. The molecule has 0 aliphatic heterocycles. The van der Waals surface area contributed by atoms with Crippen molar-refractivity contribution >= 4 is 10.0 Å². The lowest BCUT2D eigenvalue weighted by Crippen LogP contribution is -2.42. The second-order valence-electron chi connectivity index (χ2n) is 6.36. The number of hydrogen-bond donors (Lipinski definition) is 2. The Bertz CT molecular complexity index is 561. The van der Waals surface area contributed by atoms with Crippen LogP contribution in [0.1, 0.15) is 46.5 Å². The van der Waals surface area contributed by atoms with Gasteiger partial charge < -0.3 is 5.32 Å². The van der Waals surface area contributed by atoms with E-state index in [9.17, 15) is 8.42 Å². The van der Waals surface area contributed by atoms with Gasteiger partial charge in [0.15, 0.2) is 0 Å². The van der Waals surface area contributed by atoms with Gasteiger partial charge in [-0.15, -0.1) is 0 Å². The maximum atomic E-state index is 12.3. The van der Waals surface area contributed by atoms with E-state index in [0.29, 0.717) is 6.04 Å². The summed E-state index contributed by atoms with van der Waals surface area (Å²) in [5, 5.41) is 7.57. The molecule has 0 spiro atoms. The van der Waals surface area contributed by atoms with E-state index in [0.717, 1.165) is 25.9 Å². The van der Waals surface area contributed by atoms with Crippen LogP contribution < -0.4 is 10.0 Å². The van der Waals surface area contributed by atoms with Gasteiger partial charge in [0.1, 0.15) is 4.90 Å². The zero-order chi connectivity index (χ0) is 15.5. The normalized spacial score (nSPS) is 16.3. The van der Waals surface area contributed by atoms with Crippen molar-refractivity contribution in [1.29, 1.82) is 0 Å². The summed E-state index contributed by atoms with van der Waals surface area (Å²) in [5.74, 6) is 0.